The Morgan fingerprint density at radius 1 is 1.09 bits per heavy atom. The van der Waals surface area contributed by atoms with Crippen LogP contribution >= 0.6 is 11.6 Å². The van der Waals surface area contributed by atoms with Gasteiger partial charge in [0.2, 0.25) is 0 Å². The molecule has 2 heterocycles. The fourth-order valence-corrected chi connectivity index (χ4v) is 4.97. The number of nitrogens with zero attached hydrogens (tertiary/aromatic N) is 2. The number of methoxy groups -OCH3 is 1. The number of benzene rings is 2. The van der Waals surface area contributed by atoms with Gasteiger partial charge in [0.1, 0.15) is 30.3 Å². The van der Waals surface area contributed by atoms with Gasteiger partial charge in [-0.3, -0.25) is 9.69 Å². The Morgan fingerprint density at radius 3 is 2.49 bits per heavy atom. The molecule has 2 aromatic carbocycles. The van der Waals surface area contributed by atoms with Crippen molar-refractivity contribution in [3.8, 4) is 22.8 Å². The molecule has 1 aliphatic heterocycles. The molecule has 1 N–H and O–H groups in total. The average Bonchev–Trinajstić information content (AvgIpc) is 3.39. The molecule has 0 saturated heterocycles. The number of rotatable bonds is 10. The molecule has 1 aliphatic rings. The van der Waals surface area contributed by atoms with Gasteiger partial charge in [0.25, 0.3) is 0 Å². The van der Waals surface area contributed by atoms with Crippen LogP contribution in [0.5, 0.6) is 11.5 Å². The number of hydrogen-bond acceptors (Lipinski definition) is 7. The number of hydrogen-bond donors (Lipinski definition) is 1. The second-order valence-corrected chi connectivity index (χ2v) is 11.9. The maximum absolute atomic E-state index is 14.0. The predicted octanol–water partition coefficient (Wildman–Crippen LogP) is 7.07. The van der Waals surface area contributed by atoms with E-state index in [2.05, 4.69) is 0 Å². The molecular weight excluding hydrogens is 582 g/mol. The molecule has 1 unspecified atom stereocenters. The Hall–Kier alpha value is -3.76. The van der Waals surface area contributed by atoms with Crippen LogP contribution in [-0.4, -0.2) is 54.5 Å². The summed E-state index contributed by atoms with van der Waals surface area (Å²) < 4.78 is 42.8. The van der Waals surface area contributed by atoms with Crippen LogP contribution in [0.3, 0.4) is 0 Å². The number of aromatic nitrogens is 1. The number of pyridine rings is 1. The van der Waals surface area contributed by atoms with Gasteiger partial charge >= 0.3 is 6.09 Å². The molecule has 1 atom stereocenters. The van der Waals surface area contributed by atoms with E-state index >= 15 is 0 Å². The molecule has 1 amide bonds. The molecule has 4 rings (SSSR count). The van der Waals surface area contributed by atoms with E-state index in [1.165, 1.54) is 36.3 Å². The minimum Gasteiger partial charge on any atom is -0.493 e. The quantitative estimate of drug-likeness (QED) is 0.243. The topological polar surface area (TPSA) is 98.2 Å². The van der Waals surface area contributed by atoms with Gasteiger partial charge in [0, 0.05) is 24.1 Å². The van der Waals surface area contributed by atoms with Crippen molar-refractivity contribution in [3.05, 3.63) is 70.1 Å². The predicted molar refractivity (Wildman–Crippen MR) is 160 cm³/mol. The summed E-state index contributed by atoms with van der Waals surface area (Å²) in [6.45, 7) is 6.40. The van der Waals surface area contributed by atoms with Crippen LogP contribution in [0.25, 0.3) is 11.3 Å². The molecule has 0 bridgehead atoms. The molecule has 3 aromatic rings. The van der Waals surface area contributed by atoms with Gasteiger partial charge < -0.3 is 19.3 Å². The van der Waals surface area contributed by atoms with E-state index in [9.17, 15) is 23.5 Å². The molecule has 11 heteroatoms. The highest BCUT2D eigenvalue weighted by atomic mass is 35.5. The summed E-state index contributed by atoms with van der Waals surface area (Å²) in [5, 5.41) is 11.5. The van der Waals surface area contributed by atoms with Crippen molar-refractivity contribution in [1.29, 1.82) is 0 Å². The summed E-state index contributed by atoms with van der Waals surface area (Å²) in [7, 11) is 1.42. The van der Waals surface area contributed by atoms with Crippen molar-refractivity contribution in [1.82, 2.24) is 4.98 Å². The van der Waals surface area contributed by atoms with E-state index in [1.807, 2.05) is 0 Å². The third-order valence-corrected chi connectivity index (χ3v) is 7.25. The number of anilines is 1. The van der Waals surface area contributed by atoms with Gasteiger partial charge in [-0.2, -0.15) is 0 Å². The molecule has 8 nitrogen and oxygen atoms in total. The maximum Gasteiger partial charge on any atom is 0.414 e. The molecule has 0 spiro atoms. The Labute approximate surface area is 254 Å². The number of fused-ring (bicyclic) bond motifs is 1. The molecule has 0 radical (unpaired) electrons. The summed E-state index contributed by atoms with van der Waals surface area (Å²) in [5.41, 5.74) is 0.379. The number of Topliss-reactive ketones (excluding diaryl/α,β-unsaturated/α-hetero) is 1. The maximum atomic E-state index is 14.0. The highest BCUT2D eigenvalue weighted by molar-refractivity contribution is 6.31. The average molecular weight is 617 g/mol. The van der Waals surface area contributed by atoms with Crippen molar-refractivity contribution >= 4 is 29.2 Å². The second kappa shape index (κ2) is 12.9. The lowest BCUT2D eigenvalue weighted by Crippen LogP contribution is -2.36. The standard InChI is InChI=1S/C32H35ClF2N2O6/c1-31(2,3)43-30(39)37-14-11-21-18-27(36-28(29(21)37)20-6-8-23(35)22(33)16-20)32(4,40)12-10-24(38)19-7-9-25(42-15-13-34)26(17-19)41-5/h6-9,16-18,40H,10-15H2,1-5H3. The summed E-state index contributed by atoms with van der Waals surface area (Å²) in [6.07, 6.45) is -0.0810. The number of amides is 1. The Morgan fingerprint density at radius 2 is 1.84 bits per heavy atom. The van der Waals surface area contributed by atoms with E-state index in [-0.39, 0.29) is 35.9 Å². The van der Waals surface area contributed by atoms with Crippen molar-refractivity contribution in [3.63, 3.8) is 0 Å². The minimum atomic E-state index is -1.54. The van der Waals surface area contributed by atoms with Crippen molar-refractivity contribution in [2.24, 2.45) is 0 Å². The van der Waals surface area contributed by atoms with Gasteiger partial charge in [-0.25, -0.2) is 18.6 Å². The van der Waals surface area contributed by atoms with E-state index in [0.717, 1.165) is 5.56 Å². The molecule has 0 aliphatic carbocycles. The van der Waals surface area contributed by atoms with Gasteiger partial charge in [0.15, 0.2) is 17.3 Å². The zero-order valence-electron chi connectivity index (χ0n) is 24.8. The van der Waals surface area contributed by atoms with Crippen molar-refractivity contribution < 1.29 is 37.7 Å². The lowest BCUT2D eigenvalue weighted by molar-refractivity contribution is 0.0397. The van der Waals surface area contributed by atoms with Crippen molar-refractivity contribution in [2.75, 3.05) is 31.8 Å². The number of halogens is 3. The van der Waals surface area contributed by atoms with Crippen molar-refractivity contribution in [2.45, 2.75) is 58.2 Å². The number of alkyl halides is 1. The van der Waals surface area contributed by atoms with Crippen LogP contribution in [-0.2, 0) is 16.8 Å². The Kier molecular flexibility index (Phi) is 9.61. The zero-order chi connectivity index (χ0) is 31.5. The number of ether oxygens (including phenoxy) is 3. The highest BCUT2D eigenvalue weighted by Gasteiger charge is 2.35. The fourth-order valence-electron chi connectivity index (χ4n) is 4.79. The van der Waals surface area contributed by atoms with Crippen LogP contribution in [0.4, 0.5) is 19.3 Å². The molecule has 0 fully saturated rings. The number of ketones is 1. The Bertz CT molecular complexity index is 1520. The first-order valence-corrected chi connectivity index (χ1v) is 14.2. The lowest BCUT2D eigenvalue weighted by Gasteiger charge is -2.27. The van der Waals surface area contributed by atoms with Crippen LogP contribution < -0.4 is 14.4 Å². The first kappa shape index (κ1) is 32.2. The van der Waals surface area contributed by atoms with E-state index in [4.69, 9.17) is 30.8 Å². The summed E-state index contributed by atoms with van der Waals surface area (Å²) in [4.78, 5) is 32.4. The third-order valence-electron chi connectivity index (χ3n) is 6.96. The minimum absolute atomic E-state index is 0.0264. The summed E-state index contributed by atoms with van der Waals surface area (Å²) >= 11 is 6.10. The monoisotopic (exact) mass is 616 g/mol. The van der Waals surface area contributed by atoms with Crippen LogP contribution in [0.1, 0.15) is 62.2 Å². The van der Waals surface area contributed by atoms with Gasteiger partial charge in [-0.05, 0) is 88.6 Å². The zero-order valence-corrected chi connectivity index (χ0v) is 25.6. The number of aliphatic hydroxyl groups is 1. The van der Waals surface area contributed by atoms with E-state index in [1.54, 1.807) is 45.9 Å². The van der Waals surface area contributed by atoms with E-state index < -0.39 is 29.8 Å². The number of carbonyl (C=O) groups is 2. The molecule has 1 aromatic heterocycles. The third kappa shape index (κ3) is 7.43. The van der Waals surface area contributed by atoms with E-state index in [0.29, 0.717) is 47.0 Å². The van der Waals surface area contributed by atoms with Crippen LogP contribution in [0.2, 0.25) is 5.02 Å². The lowest BCUT2D eigenvalue weighted by atomic mass is 9.91. The largest absolute Gasteiger partial charge is 0.493 e. The van der Waals surface area contributed by atoms with Crippen LogP contribution in [0.15, 0.2) is 42.5 Å². The normalized spacial score (nSPS) is 14.2. The molecule has 43 heavy (non-hydrogen) atoms. The summed E-state index contributed by atoms with van der Waals surface area (Å²) in [5.74, 6) is -0.242. The highest BCUT2D eigenvalue weighted by Crippen LogP contribution is 2.41. The van der Waals surface area contributed by atoms with Gasteiger partial charge in [0.05, 0.1) is 29.2 Å². The first-order valence-electron chi connectivity index (χ1n) is 13.9. The Balaban J connectivity index is 1.65. The summed E-state index contributed by atoms with van der Waals surface area (Å²) in [6, 6.07) is 10.5. The number of carbonyl (C=O) groups excluding carboxylic acids is 2. The van der Waals surface area contributed by atoms with Crippen LogP contribution in [0, 0.1) is 5.82 Å². The SMILES string of the molecule is COc1cc(C(=O)CCC(C)(O)c2cc3c(c(-c4ccc(F)c(Cl)c4)n2)N(C(=O)OC(C)(C)C)CC3)ccc1OCCF. The fraction of sp³-hybridized carbons (Fsp3) is 0.406. The van der Waals surface area contributed by atoms with Gasteiger partial charge in [-0.1, -0.05) is 11.6 Å². The molecule has 230 valence electrons. The molecule has 0 saturated carbocycles. The van der Waals surface area contributed by atoms with Gasteiger partial charge in [-0.15, -0.1) is 0 Å². The second-order valence-electron chi connectivity index (χ2n) is 11.5. The first-order chi connectivity index (χ1) is 20.2. The smallest absolute Gasteiger partial charge is 0.414 e. The molecular formula is C32H35ClF2N2O6.